The minimum absolute atomic E-state index is 0.0333. The van der Waals surface area contributed by atoms with Crippen molar-refractivity contribution in [1.29, 1.82) is 0 Å². The van der Waals surface area contributed by atoms with Crippen LogP contribution in [0, 0.1) is 5.82 Å². The number of carbonyl (C=O) groups excluding carboxylic acids is 1. The number of nitrogens with zero attached hydrogens (tertiary/aromatic N) is 1. The van der Waals surface area contributed by atoms with Crippen LogP contribution in [0.5, 0.6) is 0 Å². The summed E-state index contributed by atoms with van der Waals surface area (Å²) in [4.78, 5) is 14.8. The van der Waals surface area contributed by atoms with Gasteiger partial charge in [-0.15, -0.1) is 0 Å². The number of amides is 2. The van der Waals surface area contributed by atoms with Crippen LogP contribution >= 0.6 is 11.6 Å². The van der Waals surface area contributed by atoms with E-state index < -0.39 is 22.8 Å². The van der Waals surface area contributed by atoms with Crippen LogP contribution in [0.25, 0.3) is 0 Å². The van der Waals surface area contributed by atoms with Gasteiger partial charge >= 0.3 is 12.2 Å². The van der Waals surface area contributed by atoms with Gasteiger partial charge in [-0.1, -0.05) is 23.7 Å². The fourth-order valence-corrected chi connectivity index (χ4v) is 4.85. The van der Waals surface area contributed by atoms with Crippen LogP contribution in [0.15, 0.2) is 42.5 Å². The number of piperidine rings is 1. The van der Waals surface area contributed by atoms with Crippen molar-refractivity contribution in [3.05, 3.63) is 64.4 Å². The highest BCUT2D eigenvalue weighted by Gasteiger charge is 2.41. The van der Waals surface area contributed by atoms with Crippen LogP contribution in [0.4, 0.5) is 28.0 Å². The molecule has 2 aliphatic rings. The fraction of sp³-hybridized carbons (Fsp3) is 0.409. The van der Waals surface area contributed by atoms with Crippen molar-refractivity contribution in [3.8, 4) is 0 Å². The Kier molecular flexibility index (Phi) is 6.12. The van der Waals surface area contributed by atoms with Gasteiger partial charge in [0.05, 0.1) is 10.6 Å². The van der Waals surface area contributed by atoms with Crippen molar-refractivity contribution in [2.24, 2.45) is 0 Å². The van der Waals surface area contributed by atoms with E-state index in [1.165, 1.54) is 18.2 Å². The summed E-state index contributed by atoms with van der Waals surface area (Å²) in [6.45, 7) is 0.736. The van der Waals surface area contributed by atoms with E-state index in [0.717, 1.165) is 49.9 Å². The molecule has 2 fully saturated rings. The van der Waals surface area contributed by atoms with Gasteiger partial charge in [-0.2, -0.15) is 13.2 Å². The summed E-state index contributed by atoms with van der Waals surface area (Å²) >= 11 is 5.62. The fourth-order valence-electron chi connectivity index (χ4n) is 4.62. The molecular formula is C22H22ClF4N3O. The van der Waals surface area contributed by atoms with Crippen molar-refractivity contribution in [2.45, 2.75) is 56.5 Å². The standard InChI is InChI=1S/C22H22ClF4N3O/c23-20-8-5-15(11-19(20)22(25,26)27)28-21(31)29-16-9-17-6-7-18(10-16)30(17)12-13-1-3-14(24)4-2-13/h1-5,8,11,16-18H,6-7,9-10,12H2,(H2,28,29,31). The zero-order chi connectivity index (χ0) is 22.2. The first-order valence-electron chi connectivity index (χ1n) is 10.1. The topological polar surface area (TPSA) is 44.4 Å². The molecule has 2 unspecified atom stereocenters. The quantitative estimate of drug-likeness (QED) is 0.571. The van der Waals surface area contributed by atoms with E-state index in [0.29, 0.717) is 12.1 Å². The average molecular weight is 456 g/mol. The lowest BCUT2D eigenvalue weighted by molar-refractivity contribution is -0.137. The maximum atomic E-state index is 13.1. The molecule has 2 aliphatic heterocycles. The Bertz CT molecular complexity index is 937. The number of urea groups is 1. The minimum atomic E-state index is -4.60. The van der Waals surface area contributed by atoms with E-state index in [-0.39, 0.29) is 17.5 Å². The first-order valence-corrected chi connectivity index (χ1v) is 10.5. The maximum Gasteiger partial charge on any atom is 0.417 e. The van der Waals surface area contributed by atoms with Crippen LogP contribution in [0.1, 0.15) is 36.8 Å². The molecule has 0 spiro atoms. The summed E-state index contributed by atoms with van der Waals surface area (Å²) in [5.41, 5.74) is 0.0933. The number of hydrogen-bond acceptors (Lipinski definition) is 2. The Morgan fingerprint density at radius 2 is 1.71 bits per heavy atom. The SMILES string of the molecule is O=C(Nc1ccc(Cl)c(C(F)(F)F)c1)NC1CC2CCC(C1)N2Cc1ccc(F)cc1. The van der Waals surface area contributed by atoms with Crippen LogP contribution in [0.2, 0.25) is 5.02 Å². The molecule has 2 heterocycles. The number of rotatable bonds is 4. The second-order valence-corrected chi connectivity index (χ2v) is 8.55. The Hall–Kier alpha value is -2.32. The lowest BCUT2D eigenvalue weighted by atomic mass is 9.96. The van der Waals surface area contributed by atoms with Gasteiger partial charge in [-0.05, 0) is 61.6 Å². The predicted octanol–water partition coefficient (Wildman–Crippen LogP) is 5.82. The largest absolute Gasteiger partial charge is 0.417 e. The van der Waals surface area contributed by atoms with E-state index in [9.17, 15) is 22.4 Å². The Morgan fingerprint density at radius 1 is 1.06 bits per heavy atom. The van der Waals surface area contributed by atoms with Gasteiger partial charge in [-0.3, -0.25) is 4.90 Å². The molecular weight excluding hydrogens is 434 g/mol. The Labute approximate surface area is 182 Å². The Morgan fingerprint density at radius 3 is 2.32 bits per heavy atom. The molecule has 31 heavy (non-hydrogen) atoms. The molecule has 166 valence electrons. The molecule has 2 amide bonds. The summed E-state index contributed by atoms with van der Waals surface area (Å²) in [6.07, 6.45) is -1.02. The highest BCUT2D eigenvalue weighted by atomic mass is 35.5. The van der Waals surface area contributed by atoms with Gasteiger partial charge in [0.15, 0.2) is 0 Å². The van der Waals surface area contributed by atoms with E-state index in [1.54, 1.807) is 12.1 Å². The summed E-state index contributed by atoms with van der Waals surface area (Å²) in [5, 5.41) is 4.96. The maximum absolute atomic E-state index is 13.1. The number of fused-ring (bicyclic) bond motifs is 2. The molecule has 2 bridgehead atoms. The van der Waals surface area contributed by atoms with E-state index >= 15 is 0 Å². The third-order valence-corrected chi connectivity index (χ3v) is 6.36. The highest BCUT2D eigenvalue weighted by Crippen LogP contribution is 2.38. The van der Waals surface area contributed by atoms with Crippen molar-refractivity contribution in [3.63, 3.8) is 0 Å². The van der Waals surface area contributed by atoms with Crippen molar-refractivity contribution in [1.82, 2.24) is 10.2 Å². The number of benzene rings is 2. The van der Waals surface area contributed by atoms with Gasteiger partial charge in [0, 0.05) is 30.4 Å². The number of nitrogens with one attached hydrogen (secondary N) is 2. The van der Waals surface area contributed by atoms with Gasteiger partial charge in [0.2, 0.25) is 0 Å². The zero-order valence-electron chi connectivity index (χ0n) is 16.6. The van der Waals surface area contributed by atoms with Crippen molar-refractivity contribution in [2.75, 3.05) is 5.32 Å². The molecule has 4 rings (SSSR count). The third kappa shape index (κ3) is 5.13. The van der Waals surface area contributed by atoms with Crippen LogP contribution in [-0.4, -0.2) is 29.1 Å². The third-order valence-electron chi connectivity index (χ3n) is 6.03. The Balaban J connectivity index is 1.34. The van der Waals surface area contributed by atoms with E-state index in [2.05, 4.69) is 15.5 Å². The second kappa shape index (κ2) is 8.67. The predicted molar refractivity (Wildman–Crippen MR) is 110 cm³/mol. The zero-order valence-corrected chi connectivity index (χ0v) is 17.3. The molecule has 2 atom stereocenters. The van der Waals surface area contributed by atoms with Gasteiger partial charge in [-0.25, -0.2) is 9.18 Å². The molecule has 0 radical (unpaired) electrons. The molecule has 9 heteroatoms. The number of anilines is 1. The molecule has 2 aromatic rings. The second-order valence-electron chi connectivity index (χ2n) is 8.14. The average Bonchev–Trinajstić information content (AvgIpc) is 2.92. The first kappa shape index (κ1) is 21.9. The molecule has 2 N–H and O–H groups in total. The summed E-state index contributed by atoms with van der Waals surface area (Å²) in [6, 6.07) is 9.79. The van der Waals surface area contributed by atoms with Crippen LogP contribution < -0.4 is 10.6 Å². The van der Waals surface area contributed by atoms with Gasteiger partial charge in [0.25, 0.3) is 0 Å². The normalized spacial score (nSPS) is 23.6. The summed E-state index contributed by atoms with van der Waals surface area (Å²) in [5.74, 6) is -0.260. The number of carbonyl (C=O) groups is 1. The lowest BCUT2D eigenvalue weighted by Crippen LogP contribution is -2.50. The molecule has 0 saturated carbocycles. The van der Waals surface area contributed by atoms with E-state index in [4.69, 9.17) is 11.6 Å². The summed E-state index contributed by atoms with van der Waals surface area (Å²) < 4.78 is 52.2. The van der Waals surface area contributed by atoms with Crippen molar-refractivity contribution >= 4 is 23.3 Å². The monoisotopic (exact) mass is 455 g/mol. The molecule has 2 aromatic carbocycles. The van der Waals surface area contributed by atoms with Gasteiger partial charge in [0.1, 0.15) is 5.82 Å². The number of hydrogen-bond donors (Lipinski definition) is 2. The van der Waals surface area contributed by atoms with Crippen LogP contribution in [0.3, 0.4) is 0 Å². The molecule has 2 saturated heterocycles. The number of halogens is 5. The highest BCUT2D eigenvalue weighted by molar-refractivity contribution is 6.31. The first-order chi connectivity index (χ1) is 14.7. The lowest BCUT2D eigenvalue weighted by Gasteiger charge is -2.39. The molecule has 0 aliphatic carbocycles. The van der Waals surface area contributed by atoms with Crippen LogP contribution in [-0.2, 0) is 12.7 Å². The minimum Gasteiger partial charge on any atom is -0.335 e. The summed E-state index contributed by atoms with van der Waals surface area (Å²) in [7, 11) is 0. The van der Waals surface area contributed by atoms with E-state index in [1.807, 2.05) is 0 Å². The van der Waals surface area contributed by atoms with Gasteiger partial charge < -0.3 is 10.6 Å². The van der Waals surface area contributed by atoms with Crippen molar-refractivity contribution < 1.29 is 22.4 Å². The smallest absolute Gasteiger partial charge is 0.335 e. The molecule has 4 nitrogen and oxygen atoms in total. The number of alkyl halides is 3. The molecule has 0 aromatic heterocycles.